The molecular weight excluding hydrogens is 316 g/mol. The Balaban J connectivity index is 2.17. The number of cyclic esters (lactones) is 1. The molecule has 2 aliphatic heterocycles. The van der Waals surface area contributed by atoms with E-state index in [-0.39, 0.29) is 24.7 Å². The molecule has 2 heterocycles. The number of hydrogen-bond acceptors (Lipinski definition) is 7. The molecule has 24 heavy (non-hydrogen) atoms. The summed E-state index contributed by atoms with van der Waals surface area (Å²) in [5.41, 5.74) is -0.754. The Kier molecular flexibility index (Phi) is 3.84. The molecule has 0 saturated carbocycles. The number of esters is 2. The summed E-state index contributed by atoms with van der Waals surface area (Å²) in [6.07, 6.45) is -0.191. The summed E-state index contributed by atoms with van der Waals surface area (Å²) in [7, 11) is 0. The maximum absolute atomic E-state index is 12.7. The summed E-state index contributed by atoms with van der Waals surface area (Å²) in [4.78, 5) is 36.5. The minimum Gasteiger partial charge on any atom is -0.463 e. The van der Waals surface area contributed by atoms with Gasteiger partial charge in [0.2, 0.25) is 0 Å². The molecule has 2 fully saturated rings. The zero-order valence-corrected chi connectivity index (χ0v) is 14.2. The van der Waals surface area contributed by atoms with Crippen LogP contribution >= 0.6 is 0 Å². The minimum absolute atomic E-state index is 0.153. The van der Waals surface area contributed by atoms with E-state index in [1.807, 2.05) is 6.92 Å². The van der Waals surface area contributed by atoms with Crippen molar-refractivity contribution >= 4 is 17.7 Å². The van der Waals surface area contributed by atoms with Crippen LogP contribution in [0.3, 0.4) is 0 Å². The van der Waals surface area contributed by atoms with Gasteiger partial charge < -0.3 is 19.3 Å². The maximum atomic E-state index is 12.7. The highest BCUT2D eigenvalue weighted by Crippen LogP contribution is 2.60. The first-order chi connectivity index (χ1) is 11.1. The van der Waals surface area contributed by atoms with Crippen LogP contribution in [-0.2, 0) is 28.6 Å². The summed E-state index contributed by atoms with van der Waals surface area (Å²) < 4.78 is 16.1. The van der Waals surface area contributed by atoms with Crippen LogP contribution in [0, 0.1) is 17.3 Å². The molecule has 1 spiro atoms. The van der Waals surface area contributed by atoms with Gasteiger partial charge in [-0.1, -0.05) is 13.0 Å². The van der Waals surface area contributed by atoms with E-state index in [4.69, 9.17) is 14.2 Å². The van der Waals surface area contributed by atoms with Crippen LogP contribution in [0.5, 0.6) is 0 Å². The van der Waals surface area contributed by atoms with Crippen molar-refractivity contribution in [3.05, 3.63) is 11.6 Å². The first-order valence-electron chi connectivity index (χ1n) is 8.07. The number of ketones is 1. The molecule has 7 nitrogen and oxygen atoms in total. The van der Waals surface area contributed by atoms with Crippen LogP contribution in [0.25, 0.3) is 0 Å². The predicted molar refractivity (Wildman–Crippen MR) is 80.5 cm³/mol. The third kappa shape index (κ3) is 2.14. The SMILES string of the molecule is CC(=O)O[C@@H]1C(=O)C(C)=CC[C@]12C1[C@H](C)COC(=O)[C@H]1O[C@@]2(C)O. The Morgan fingerprint density at radius 3 is 2.71 bits per heavy atom. The van der Waals surface area contributed by atoms with Crippen LogP contribution in [0.1, 0.15) is 34.1 Å². The second-order valence-electron chi connectivity index (χ2n) is 7.14. The molecule has 6 atom stereocenters. The number of carbonyl (C=O) groups is 3. The molecular formula is C17H22O7. The lowest BCUT2D eigenvalue weighted by molar-refractivity contribution is -0.250. The number of fused-ring (bicyclic) bond motifs is 2. The number of carbonyl (C=O) groups excluding carboxylic acids is 3. The third-order valence-corrected chi connectivity index (χ3v) is 5.60. The van der Waals surface area contributed by atoms with E-state index in [0.717, 1.165) is 0 Å². The van der Waals surface area contributed by atoms with E-state index in [0.29, 0.717) is 5.57 Å². The van der Waals surface area contributed by atoms with Gasteiger partial charge >= 0.3 is 11.9 Å². The van der Waals surface area contributed by atoms with Gasteiger partial charge in [-0.25, -0.2) is 4.79 Å². The number of aliphatic hydroxyl groups is 1. The highest BCUT2D eigenvalue weighted by Gasteiger charge is 2.72. The predicted octanol–water partition coefficient (Wildman–Crippen LogP) is 0.740. The van der Waals surface area contributed by atoms with Crippen LogP contribution in [0.15, 0.2) is 11.6 Å². The largest absolute Gasteiger partial charge is 0.463 e. The van der Waals surface area contributed by atoms with Crippen molar-refractivity contribution in [3.8, 4) is 0 Å². The topological polar surface area (TPSA) is 99.1 Å². The zero-order chi connectivity index (χ0) is 17.9. The second-order valence-corrected chi connectivity index (χ2v) is 7.14. The lowest BCUT2D eigenvalue weighted by Gasteiger charge is -2.49. The highest BCUT2D eigenvalue weighted by molar-refractivity contribution is 6.01. The lowest BCUT2D eigenvalue weighted by Crippen LogP contribution is -2.61. The molecule has 0 bridgehead atoms. The van der Waals surface area contributed by atoms with Gasteiger partial charge in [-0.2, -0.15) is 0 Å². The van der Waals surface area contributed by atoms with Crippen molar-refractivity contribution in [1.29, 1.82) is 0 Å². The van der Waals surface area contributed by atoms with E-state index in [1.54, 1.807) is 13.0 Å². The first kappa shape index (κ1) is 17.1. The number of rotatable bonds is 1. The third-order valence-electron chi connectivity index (χ3n) is 5.60. The summed E-state index contributed by atoms with van der Waals surface area (Å²) >= 11 is 0. The fourth-order valence-corrected chi connectivity index (χ4v) is 4.45. The summed E-state index contributed by atoms with van der Waals surface area (Å²) in [5, 5.41) is 11.0. The molecule has 0 aromatic rings. The highest BCUT2D eigenvalue weighted by atomic mass is 16.7. The van der Waals surface area contributed by atoms with E-state index in [2.05, 4.69) is 0 Å². The summed E-state index contributed by atoms with van der Waals surface area (Å²) in [6, 6.07) is 0. The first-order valence-corrected chi connectivity index (χ1v) is 8.07. The van der Waals surface area contributed by atoms with E-state index >= 15 is 0 Å². The average Bonchev–Trinajstić information content (AvgIpc) is 2.73. The Morgan fingerprint density at radius 2 is 2.08 bits per heavy atom. The van der Waals surface area contributed by atoms with Gasteiger partial charge in [0.15, 0.2) is 23.8 Å². The van der Waals surface area contributed by atoms with Gasteiger partial charge in [-0.15, -0.1) is 0 Å². The quantitative estimate of drug-likeness (QED) is 0.704. The molecule has 0 amide bonds. The molecule has 132 valence electrons. The summed E-state index contributed by atoms with van der Waals surface area (Å²) in [5.74, 6) is -4.01. The normalized spacial score (nSPS) is 44.8. The smallest absolute Gasteiger partial charge is 0.335 e. The maximum Gasteiger partial charge on any atom is 0.335 e. The van der Waals surface area contributed by atoms with E-state index in [9.17, 15) is 19.5 Å². The molecule has 3 rings (SSSR count). The van der Waals surface area contributed by atoms with Crippen LogP contribution in [-0.4, -0.2) is 47.4 Å². The van der Waals surface area contributed by atoms with Crippen LogP contribution in [0.2, 0.25) is 0 Å². The van der Waals surface area contributed by atoms with Crippen molar-refractivity contribution in [2.45, 2.75) is 52.1 Å². The Hall–Kier alpha value is -1.73. The van der Waals surface area contributed by atoms with Crippen LogP contribution < -0.4 is 0 Å². The molecule has 7 heteroatoms. The molecule has 3 aliphatic rings. The molecule has 0 aromatic heterocycles. The fourth-order valence-electron chi connectivity index (χ4n) is 4.45. The van der Waals surface area contributed by atoms with Crippen molar-refractivity contribution in [1.82, 2.24) is 0 Å². The van der Waals surface area contributed by atoms with Gasteiger partial charge in [0.1, 0.15) is 0 Å². The van der Waals surface area contributed by atoms with Gasteiger partial charge in [0.25, 0.3) is 0 Å². The van der Waals surface area contributed by atoms with Crippen molar-refractivity contribution < 1.29 is 33.7 Å². The van der Waals surface area contributed by atoms with Gasteiger partial charge in [0.05, 0.1) is 12.0 Å². The van der Waals surface area contributed by atoms with Gasteiger partial charge in [-0.3, -0.25) is 9.59 Å². The monoisotopic (exact) mass is 338 g/mol. The van der Waals surface area contributed by atoms with Crippen molar-refractivity contribution in [3.63, 3.8) is 0 Å². The second kappa shape index (κ2) is 5.39. The Labute approximate surface area is 139 Å². The zero-order valence-electron chi connectivity index (χ0n) is 14.2. The minimum atomic E-state index is -1.81. The lowest BCUT2D eigenvalue weighted by atomic mass is 9.57. The molecule has 0 aromatic carbocycles. The number of ether oxygens (including phenoxy) is 3. The van der Waals surface area contributed by atoms with Gasteiger partial charge in [-0.05, 0) is 31.8 Å². The standard InChI is InChI=1S/C17H22O7/c1-8-5-6-17(14(12(8)19)23-10(3)18)11-9(2)7-22-15(20)13(11)24-16(17,4)21/h5,9,11,13-14,21H,6-7H2,1-4H3/t9-,11?,13+,14-,16-,17+/m1/s1. The average molecular weight is 338 g/mol. The van der Waals surface area contributed by atoms with Crippen molar-refractivity contribution in [2.75, 3.05) is 6.61 Å². The number of hydrogen-bond donors (Lipinski definition) is 1. The van der Waals surface area contributed by atoms with E-state index < -0.39 is 41.3 Å². The Morgan fingerprint density at radius 1 is 1.42 bits per heavy atom. The van der Waals surface area contributed by atoms with Gasteiger partial charge in [0, 0.05) is 12.8 Å². The molecule has 1 aliphatic carbocycles. The summed E-state index contributed by atoms with van der Waals surface area (Å²) in [6.45, 7) is 6.33. The number of allylic oxidation sites excluding steroid dienone is 1. The van der Waals surface area contributed by atoms with E-state index in [1.165, 1.54) is 13.8 Å². The number of Topliss-reactive ketones (excluding diaryl/α,β-unsaturated/α-hetero) is 1. The molecule has 0 radical (unpaired) electrons. The van der Waals surface area contributed by atoms with Crippen molar-refractivity contribution in [2.24, 2.45) is 17.3 Å². The Bertz CT molecular complexity index is 635. The van der Waals surface area contributed by atoms with Crippen LogP contribution in [0.4, 0.5) is 0 Å². The molecule has 1 N–H and O–H groups in total. The fraction of sp³-hybridized carbons (Fsp3) is 0.706. The molecule has 2 saturated heterocycles. The molecule has 1 unspecified atom stereocenters.